The lowest BCUT2D eigenvalue weighted by atomic mass is 10.3. The summed E-state index contributed by atoms with van der Waals surface area (Å²) in [6.07, 6.45) is 0. The molecular formula is C13H11N4O+. The van der Waals surface area contributed by atoms with Crippen LogP contribution in [0.15, 0.2) is 65.5 Å². The molecule has 88 valence electrons. The summed E-state index contributed by atoms with van der Waals surface area (Å²) in [6.45, 7) is 0. The molecule has 0 saturated heterocycles. The number of nitrogens with one attached hydrogen (secondary N) is 1. The van der Waals surface area contributed by atoms with Gasteiger partial charge in [-0.05, 0) is 33.9 Å². The second kappa shape index (κ2) is 4.29. The van der Waals surface area contributed by atoms with Crippen molar-refractivity contribution >= 4 is 0 Å². The monoisotopic (exact) mass is 239 g/mol. The Balaban J connectivity index is 2.21. The molecule has 0 radical (unpaired) electrons. The van der Waals surface area contributed by atoms with Gasteiger partial charge in [-0.3, -0.25) is 0 Å². The molecule has 2 aromatic carbocycles. The van der Waals surface area contributed by atoms with Crippen LogP contribution in [0, 0.1) is 0 Å². The summed E-state index contributed by atoms with van der Waals surface area (Å²) in [4.78, 5) is 14.6. The van der Waals surface area contributed by atoms with Gasteiger partial charge >= 0.3 is 5.69 Å². The number of aromatic amines is 1. The summed E-state index contributed by atoms with van der Waals surface area (Å²) in [5, 5.41) is 6.60. The first-order chi connectivity index (χ1) is 8.84. The number of hydrogen-bond donors (Lipinski definition) is 1. The number of hydrogen-bond acceptors (Lipinski definition) is 2. The highest BCUT2D eigenvalue weighted by Crippen LogP contribution is 2.02. The molecule has 0 spiro atoms. The highest BCUT2D eigenvalue weighted by atomic mass is 16.2. The molecule has 0 aliphatic rings. The highest BCUT2D eigenvalue weighted by Gasteiger charge is 2.15. The number of benzene rings is 2. The zero-order valence-electron chi connectivity index (χ0n) is 9.52. The molecule has 1 aromatic heterocycles. The van der Waals surface area contributed by atoms with Gasteiger partial charge in [0.1, 0.15) is 5.69 Å². The van der Waals surface area contributed by atoms with E-state index in [9.17, 15) is 4.79 Å². The van der Waals surface area contributed by atoms with Gasteiger partial charge in [-0.1, -0.05) is 36.4 Å². The van der Waals surface area contributed by atoms with E-state index in [1.807, 2.05) is 60.7 Å². The van der Waals surface area contributed by atoms with E-state index in [-0.39, 0.29) is 5.69 Å². The van der Waals surface area contributed by atoms with Gasteiger partial charge in [-0.25, -0.2) is 4.79 Å². The molecule has 0 fully saturated rings. The topological polar surface area (TPSA) is 54.6 Å². The van der Waals surface area contributed by atoms with Crippen molar-refractivity contribution in [1.82, 2.24) is 15.0 Å². The Morgan fingerprint density at radius 1 is 0.944 bits per heavy atom. The number of para-hydroxylation sites is 2. The van der Waals surface area contributed by atoms with Crippen molar-refractivity contribution in [3.05, 3.63) is 71.1 Å². The smallest absolute Gasteiger partial charge is 0.212 e. The Hall–Kier alpha value is -2.69. The first-order valence-electron chi connectivity index (χ1n) is 5.57. The molecule has 0 amide bonds. The van der Waals surface area contributed by atoms with Crippen molar-refractivity contribution in [2.24, 2.45) is 0 Å². The molecule has 3 aromatic rings. The van der Waals surface area contributed by atoms with Crippen LogP contribution >= 0.6 is 0 Å². The quantitative estimate of drug-likeness (QED) is 0.674. The Morgan fingerprint density at radius 3 is 2.22 bits per heavy atom. The number of H-pyrrole nitrogens is 1. The van der Waals surface area contributed by atoms with Gasteiger partial charge in [-0.15, -0.1) is 5.10 Å². The van der Waals surface area contributed by atoms with Crippen molar-refractivity contribution in [2.75, 3.05) is 0 Å². The zero-order chi connectivity index (χ0) is 12.4. The van der Waals surface area contributed by atoms with Crippen LogP contribution in [0.25, 0.3) is 11.4 Å². The average molecular weight is 239 g/mol. The predicted molar refractivity (Wildman–Crippen MR) is 65.7 cm³/mol. The van der Waals surface area contributed by atoms with Crippen LogP contribution in [-0.2, 0) is 0 Å². The average Bonchev–Trinajstić information content (AvgIpc) is 2.83. The number of nitrogens with zero attached hydrogens (tertiary/aromatic N) is 3. The van der Waals surface area contributed by atoms with Gasteiger partial charge in [0, 0.05) is 5.10 Å². The minimum Gasteiger partial charge on any atom is -0.212 e. The fourth-order valence-electron chi connectivity index (χ4n) is 1.77. The maximum absolute atomic E-state index is 11.4. The standard InChI is InChI=1S/C13H10N4O/c18-13-14-16(11-7-3-1-4-8-11)17(15-13)12-9-5-2-6-10-12/h1-10H/p+1. The normalized spacial score (nSPS) is 10.4. The molecule has 0 unspecified atom stereocenters. The molecule has 1 heterocycles. The second-order valence-corrected chi connectivity index (χ2v) is 3.79. The van der Waals surface area contributed by atoms with Gasteiger partial charge < -0.3 is 0 Å². The molecule has 0 saturated carbocycles. The second-order valence-electron chi connectivity index (χ2n) is 3.79. The summed E-state index contributed by atoms with van der Waals surface area (Å²) in [7, 11) is 0. The van der Waals surface area contributed by atoms with Crippen LogP contribution in [0.3, 0.4) is 0 Å². The Morgan fingerprint density at radius 2 is 1.56 bits per heavy atom. The molecule has 18 heavy (non-hydrogen) atoms. The van der Waals surface area contributed by atoms with E-state index in [2.05, 4.69) is 10.2 Å². The third kappa shape index (κ3) is 1.82. The van der Waals surface area contributed by atoms with E-state index in [1.165, 1.54) is 4.80 Å². The Bertz CT molecular complexity index is 641. The predicted octanol–water partition coefficient (Wildman–Crippen LogP) is 0.837. The van der Waals surface area contributed by atoms with Gasteiger partial charge in [0.2, 0.25) is 0 Å². The lowest BCUT2D eigenvalue weighted by Crippen LogP contribution is -2.43. The lowest BCUT2D eigenvalue weighted by molar-refractivity contribution is -0.735. The maximum Gasteiger partial charge on any atom is 0.488 e. The summed E-state index contributed by atoms with van der Waals surface area (Å²) < 4.78 is 0. The fraction of sp³-hybridized carbons (Fsp3) is 0. The first kappa shape index (κ1) is 10.5. The molecule has 5 heteroatoms. The SMILES string of the molecule is O=c1n[n+](-c2ccccc2)n(-c2ccccc2)[nH]1. The largest absolute Gasteiger partial charge is 0.488 e. The molecule has 0 atom stereocenters. The third-order valence-corrected chi connectivity index (χ3v) is 2.56. The minimum absolute atomic E-state index is 0.386. The Labute approximate surface area is 103 Å². The molecular weight excluding hydrogens is 228 g/mol. The van der Waals surface area contributed by atoms with Crippen molar-refractivity contribution in [3.63, 3.8) is 0 Å². The van der Waals surface area contributed by atoms with E-state index in [0.29, 0.717) is 0 Å². The van der Waals surface area contributed by atoms with Crippen LogP contribution in [0.4, 0.5) is 0 Å². The van der Waals surface area contributed by atoms with Crippen molar-refractivity contribution < 1.29 is 4.80 Å². The van der Waals surface area contributed by atoms with E-state index >= 15 is 0 Å². The summed E-state index contributed by atoms with van der Waals surface area (Å²) >= 11 is 0. The van der Waals surface area contributed by atoms with Gasteiger partial charge in [0.15, 0.2) is 5.69 Å². The minimum atomic E-state index is -0.386. The van der Waals surface area contributed by atoms with Crippen LogP contribution in [0.1, 0.15) is 0 Å². The van der Waals surface area contributed by atoms with E-state index in [0.717, 1.165) is 11.4 Å². The summed E-state index contributed by atoms with van der Waals surface area (Å²) in [5.74, 6) is 0. The number of aromatic nitrogens is 4. The summed E-state index contributed by atoms with van der Waals surface area (Å²) in [6, 6.07) is 19.0. The van der Waals surface area contributed by atoms with Crippen LogP contribution in [-0.4, -0.2) is 15.0 Å². The molecule has 0 aliphatic heterocycles. The van der Waals surface area contributed by atoms with Crippen molar-refractivity contribution in [3.8, 4) is 11.4 Å². The Kier molecular flexibility index (Phi) is 2.49. The molecule has 0 bridgehead atoms. The fourth-order valence-corrected chi connectivity index (χ4v) is 1.77. The van der Waals surface area contributed by atoms with Crippen molar-refractivity contribution in [1.29, 1.82) is 0 Å². The zero-order valence-corrected chi connectivity index (χ0v) is 9.52. The van der Waals surface area contributed by atoms with Gasteiger partial charge in [0.05, 0.1) is 0 Å². The number of rotatable bonds is 2. The number of tetrazole rings is 1. The van der Waals surface area contributed by atoms with E-state index < -0.39 is 0 Å². The molecule has 5 nitrogen and oxygen atoms in total. The molecule has 1 N–H and O–H groups in total. The van der Waals surface area contributed by atoms with Crippen molar-refractivity contribution in [2.45, 2.75) is 0 Å². The van der Waals surface area contributed by atoms with Crippen LogP contribution in [0.5, 0.6) is 0 Å². The van der Waals surface area contributed by atoms with Crippen LogP contribution < -0.4 is 10.5 Å². The summed E-state index contributed by atoms with van der Waals surface area (Å²) in [5.41, 5.74) is 1.28. The first-order valence-corrected chi connectivity index (χ1v) is 5.57. The lowest BCUT2D eigenvalue weighted by Gasteiger charge is -2.00. The van der Waals surface area contributed by atoms with E-state index in [4.69, 9.17) is 0 Å². The van der Waals surface area contributed by atoms with Gasteiger partial charge in [-0.2, -0.15) is 0 Å². The molecule has 3 rings (SSSR count). The highest BCUT2D eigenvalue weighted by molar-refractivity contribution is 5.28. The van der Waals surface area contributed by atoms with Crippen LogP contribution in [0.2, 0.25) is 0 Å². The maximum atomic E-state index is 11.4. The van der Waals surface area contributed by atoms with E-state index in [1.54, 1.807) is 4.80 Å². The third-order valence-electron chi connectivity index (χ3n) is 2.56. The van der Waals surface area contributed by atoms with Gasteiger partial charge in [0.25, 0.3) is 0 Å². The molecule has 0 aliphatic carbocycles.